The Morgan fingerprint density at radius 3 is 2.71 bits per heavy atom. The fourth-order valence-electron chi connectivity index (χ4n) is 1.96. The van der Waals surface area contributed by atoms with E-state index in [1.54, 1.807) is 6.07 Å². The van der Waals surface area contributed by atoms with Crippen molar-refractivity contribution in [2.45, 2.75) is 37.6 Å². The molecule has 1 aromatic carbocycles. The summed E-state index contributed by atoms with van der Waals surface area (Å²) < 4.78 is 0. The van der Waals surface area contributed by atoms with Gasteiger partial charge in [-0.1, -0.05) is 24.6 Å². The molecule has 4 heteroatoms. The summed E-state index contributed by atoms with van der Waals surface area (Å²) in [6.45, 7) is 2.19. The zero-order valence-corrected chi connectivity index (χ0v) is 10.5. The molecule has 0 spiro atoms. The molecule has 17 heavy (non-hydrogen) atoms. The molecule has 3 nitrogen and oxygen atoms in total. The van der Waals surface area contributed by atoms with E-state index in [9.17, 15) is 4.79 Å². The van der Waals surface area contributed by atoms with Gasteiger partial charge in [-0.05, 0) is 41.5 Å². The van der Waals surface area contributed by atoms with Gasteiger partial charge in [-0.3, -0.25) is 4.79 Å². The molecule has 1 aliphatic carbocycles. The molecule has 1 saturated carbocycles. The number of carboxylic acid groups (broad SMARTS) is 1. The molecule has 92 valence electrons. The lowest BCUT2D eigenvalue weighted by atomic mass is 9.94. The maximum absolute atomic E-state index is 10.6. The fourth-order valence-corrected chi connectivity index (χ4v) is 2.20. The van der Waals surface area contributed by atoms with Crippen molar-refractivity contribution in [3.63, 3.8) is 0 Å². The minimum atomic E-state index is -0.892. The highest BCUT2D eigenvalue weighted by Gasteiger charge is 2.39. The SMILES string of the molecule is CC1(c2cc(Cl)cc([C@@H](N)CC(=O)O)c2)CC1. The van der Waals surface area contributed by atoms with Gasteiger partial charge < -0.3 is 10.8 Å². The Morgan fingerprint density at radius 2 is 2.18 bits per heavy atom. The van der Waals surface area contributed by atoms with Gasteiger partial charge in [0.05, 0.1) is 6.42 Å². The van der Waals surface area contributed by atoms with Crippen LogP contribution in [0.2, 0.25) is 5.02 Å². The summed E-state index contributed by atoms with van der Waals surface area (Å²) in [5, 5.41) is 9.37. The van der Waals surface area contributed by atoms with Crippen LogP contribution in [0.5, 0.6) is 0 Å². The number of nitrogens with two attached hydrogens (primary N) is 1. The lowest BCUT2D eigenvalue weighted by molar-refractivity contribution is -0.137. The van der Waals surface area contributed by atoms with E-state index in [1.165, 1.54) is 5.56 Å². The lowest BCUT2D eigenvalue weighted by Crippen LogP contribution is -2.15. The van der Waals surface area contributed by atoms with Crippen LogP contribution < -0.4 is 5.73 Å². The third kappa shape index (κ3) is 2.79. The number of rotatable bonds is 4. The Kier molecular flexibility index (Phi) is 3.15. The second-order valence-electron chi connectivity index (χ2n) is 5.04. The Bertz CT molecular complexity index is 455. The van der Waals surface area contributed by atoms with Crippen LogP contribution in [0.4, 0.5) is 0 Å². The van der Waals surface area contributed by atoms with Crippen molar-refractivity contribution in [2.75, 3.05) is 0 Å². The number of benzene rings is 1. The van der Waals surface area contributed by atoms with E-state index in [0.29, 0.717) is 5.02 Å². The van der Waals surface area contributed by atoms with Crippen molar-refractivity contribution in [3.05, 3.63) is 34.3 Å². The van der Waals surface area contributed by atoms with Gasteiger partial charge in [0.2, 0.25) is 0 Å². The van der Waals surface area contributed by atoms with Crippen LogP contribution in [0.3, 0.4) is 0 Å². The van der Waals surface area contributed by atoms with Crippen molar-refractivity contribution in [3.8, 4) is 0 Å². The van der Waals surface area contributed by atoms with Crippen molar-refractivity contribution < 1.29 is 9.90 Å². The topological polar surface area (TPSA) is 63.3 Å². The van der Waals surface area contributed by atoms with Crippen LogP contribution in [0.25, 0.3) is 0 Å². The van der Waals surface area contributed by atoms with Crippen LogP contribution in [-0.4, -0.2) is 11.1 Å². The molecule has 0 aliphatic heterocycles. The summed E-state index contributed by atoms with van der Waals surface area (Å²) in [4.78, 5) is 10.6. The van der Waals surface area contributed by atoms with Crippen LogP contribution in [0.1, 0.15) is 43.4 Å². The highest BCUT2D eigenvalue weighted by Crippen LogP contribution is 2.48. The van der Waals surface area contributed by atoms with E-state index in [4.69, 9.17) is 22.4 Å². The Labute approximate surface area is 106 Å². The Morgan fingerprint density at radius 1 is 1.53 bits per heavy atom. The third-order valence-corrected chi connectivity index (χ3v) is 3.66. The predicted octanol–water partition coefficient (Wildman–Crippen LogP) is 2.87. The third-order valence-electron chi connectivity index (χ3n) is 3.44. The molecule has 0 amide bonds. The second-order valence-corrected chi connectivity index (χ2v) is 5.47. The number of hydrogen-bond donors (Lipinski definition) is 2. The summed E-state index contributed by atoms with van der Waals surface area (Å²) in [7, 11) is 0. The largest absolute Gasteiger partial charge is 0.481 e. The molecule has 0 heterocycles. The first-order valence-corrected chi connectivity index (χ1v) is 6.07. The molecule has 1 aliphatic rings. The van der Waals surface area contributed by atoms with E-state index in [2.05, 4.69) is 6.92 Å². The molecule has 0 radical (unpaired) electrons. The lowest BCUT2D eigenvalue weighted by Gasteiger charge is -2.15. The first-order valence-electron chi connectivity index (χ1n) is 5.69. The Hall–Kier alpha value is -1.06. The first-order chi connectivity index (χ1) is 7.90. The van der Waals surface area contributed by atoms with Gasteiger partial charge in [-0.15, -0.1) is 0 Å². The number of halogens is 1. The van der Waals surface area contributed by atoms with Crippen molar-refractivity contribution in [1.82, 2.24) is 0 Å². The van der Waals surface area contributed by atoms with E-state index in [1.807, 2.05) is 12.1 Å². The van der Waals surface area contributed by atoms with Crippen LogP contribution >= 0.6 is 11.6 Å². The summed E-state index contributed by atoms with van der Waals surface area (Å²) >= 11 is 6.06. The number of aliphatic carboxylic acids is 1. The first kappa shape index (κ1) is 12.4. The standard InChI is InChI=1S/C13H16ClNO2/c1-13(2-3-13)9-4-8(5-10(14)6-9)11(15)7-12(16)17/h4-6,11H,2-3,7,15H2,1H3,(H,16,17)/t11-/m0/s1. The van der Waals surface area contributed by atoms with Crippen molar-refractivity contribution >= 4 is 17.6 Å². The molecule has 0 bridgehead atoms. The summed E-state index contributed by atoms with van der Waals surface area (Å²) in [6, 6.07) is 5.20. The van der Waals surface area contributed by atoms with Crippen molar-refractivity contribution in [1.29, 1.82) is 0 Å². The monoisotopic (exact) mass is 253 g/mol. The van der Waals surface area contributed by atoms with E-state index >= 15 is 0 Å². The number of hydrogen-bond acceptors (Lipinski definition) is 2. The van der Waals surface area contributed by atoms with Gasteiger partial charge in [0.25, 0.3) is 0 Å². The zero-order chi connectivity index (χ0) is 12.6. The van der Waals surface area contributed by atoms with E-state index < -0.39 is 12.0 Å². The highest BCUT2D eigenvalue weighted by atomic mass is 35.5. The molecular weight excluding hydrogens is 238 g/mol. The molecule has 3 N–H and O–H groups in total. The van der Waals surface area contributed by atoms with Gasteiger partial charge in [0, 0.05) is 11.1 Å². The predicted molar refractivity (Wildman–Crippen MR) is 67.2 cm³/mol. The van der Waals surface area contributed by atoms with Gasteiger partial charge >= 0.3 is 5.97 Å². The average molecular weight is 254 g/mol. The quantitative estimate of drug-likeness (QED) is 0.867. The van der Waals surface area contributed by atoms with Crippen LogP contribution in [-0.2, 0) is 10.2 Å². The zero-order valence-electron chi connectivity index (χ0n) is 9.74. The highest BCUT2D eigenvalue weighted by molar-refractivity contribution is 6.30. The molecule has 0 aromatic heterocycles. The van der Waals surface area contributed by atoms with Gasteiger partial charge in [-0.2, -0.15) is 0 Å². The number of carboxylic acids is 1. The van der Waals surface area contributed by atoms with Gasteiger partial charge in [0.15, 0.2) is 0 Å². The van der Waals surface area contributed by atoms with Crippen LogP contribution in [0, 0.1) is 0 Å². The molecule has 1 atom stereocenters. The maximum atomic E-state index is 10.6. The smallest absolute Gasteiger partial charge is 0.305 e. The average Bonchev–Trinajstić information content (AvgIpc) is 2.96. The summed E-state index contributed by atoms with van der Waals surface area (Å²) in [5.41, 5.74) is 8.04. The molecule has 1 aromatic rings. The second kappa shape index (κ2) is 4.31. The molecule has 2 rings (SSSR count). The fraction of sp³-hybridized carbons (Fsp3) is 0.462. The summed E-state index contributed by atoms with van der Waals surface area (Å²) in [5.74, 6) is -0.892. The van der Waals surface area contributed by atoms with Crippen molar-refractivity contribution in [2.24, 2.45) is 5.73 Å². The van der Waals surface area contributed by atoms with Gasteiger partial charge in [-0.25, -0.2) is 0 Å². The van der Waals surface area contributed by atoms with Gasteiger partial charge in [0.1, 0.15) is 0 Å². The molecule has 1 fully saturated rings. The molecular formula is C13H16ClNO2. The minimum absolute atomic E-state index is 0.0729. The number of carbonyl (C=O) groups is 1. The van der Waals surface area contributed by atoms with E-state index in [0.717, 1.165) is 18.4 Å². The normalized spacial score (nSPS) is 18.8. The van der Waals surface area contributed by atoms with Crippen LogP contribution in [0.15, 0.2) is 18.2 Å². The van der Waals surface area contributed by atoms with E-state index in [-0.39, 0.29) is 11.8 Å². The maximum Gasteiger partial charge on any atom is 0.305 e. The minimum Gasteiger partial charge on any atom is -0.481 e. The Balaban J connectivity index is 2.28. The molecule has 0 saturated heterocycles. The molecule has 0 unspecified atom stereocenters. The summed E-state index contributed by atoms with van der Waals surface area (Å²) in [6.07, 6.45) is 2.23.